The fourth-order valence-corrected chi connectivity index (χ4v) is 2.40. The summed E-state index contributed by atoms with van der Waals surface area (Å²) >= 11 is 3.44. The molecule has 1 heterocycles. The van der Waals surface area contributed by atoms with E-state index in [1.807, 2.05) is 32.0 Å². The van der Waals surface area contributed by atoms with Crippen molar-refractivity contribution in [3.63, 3.8) is 0 Å². The zero-order valence-corrected chi connectivity index (χ0v) is 13.7. The molecule has 5 nitrogen and oxygen atoms in total. The second-order valence-electron chi connectivity index (χ2n) is 4.89. The minimum Gasteiger partial charge on any atom is -0.490 e. The van der Waals surface area contributed by atoms with Crippen molar-refractivity contribution in [2.45, 2.75) is 26.5 Å². The molecule has 21 heavy (non-hydrogen) atoms. The molecule has 2 aromatic rings. The molecule has 0 radical (unpaired) electrons. The first-order valence-electron chi connectivity index (χ1n) is 6.73. The van der Waals surface area contributed by atoms with Crippen LogP contribution in [0.5, 0.6) is 5.75 Å². The summed E-state index contributed by atoms with van der Waals surface area (Å²) < 4.78 is 11.8. The highest BCUT2D eigenvalue weighted by molar-refractivity contribution is 9.10. The minimum atomic E-state index is -0.603. The Morgan fingerprint density at radius 1 is 1.43 bits per heavy atom. The molecule has 2 rings (SSSR count). The Kier molecular flexibility index (Phi) is 5.78. The van der Waals surface area contributed by atoms with E-state index in [0.717, 1.165) is 21.5 Å². The SMILES string of the molecule is Cc1ccc(OCC(O)CNCc2ncc(C)o2)c(Br)c1. The monoisotopic (exact) mass is 354 g/mol. The molecule has 114 valence electrons. The van der Waals surface area contributed by atoms with Gasteiger partial charge in [0, 0.05) is 6.54 Å². The lowest BCUT2D eigenvalue weighted by Gasteiger charge is -2.14. The van der Waals surface area contributed by atoms with Crippen LogP contribution in [0.1, 0.15) is 17.2 Å². The first kappa shape index (κ1) is 16.0. The van der Waals surface area contributed by atoms with E-state index in [9.17, 15) is 5.11 Å². The van der Waals surface area contributed by atoms with Gasteiger partial charge in [-0.3, -0.25) is 0 Å². The van der Waals surface area contributed by atoms with E-state index in [-0.39, 0.29) is 6.61 Å². The van der Waals surface area contributed by atoms with Gasteiger partial charge in [-0.1, -0.05) is 6.07 Å². The van der Waals surface area contributed by atoms with Crippen LogP contribution in [-0.2, 0) is 6.54 Å². The third-order valence-electron chi connectivity index (χ3n) is 2.84. The van der Waals surface area contributed by atoms with Gasteiger partial charge in [-0.05, 0) is 47.5 Å². The van der Waals surface area contributed by atoms with Crippen LogP contribution in [0.25, 0.3) is 0 Å². The maximum atomic E-state index is 9.89. The number of aliphatic hydroxyl groups is 1. The van der Waals surface area contributed by atoms with Crippen molar-refractivity contribution in [3.05, 3.63) is 46.1 Å². The highest BCUT2D eigenvalue weighted by Gasteiger charge is 2.08. The van der Waals surface area contributed by atoms with Crippen molar-refractivity contribution in [2.24, 2.45) is 0 Å². The Bertz CT molecular complexity index is 586. The van der Waals surface area contributed by atoms with Crippen LogP contribution in [0.2, 0.25) is 0 Å². The predicted molar refractivity (Wildman–Crippen MR) is 83.3 cm³/mol. The van der Waals surface area contributed by atoms with Crippen molar-refractivity contribution in [2.75, 3.05) is 13.2 Å². The van der Waals surface area contributed by atoms with Crippen LogP contribution in [0, 0.1) is 13.8 Å². The predicted octanol–water partition coefficient (Wildman–Crippen LogP) is 2.58. The van der Waals surface area contributed by atoms with E-state index in [0.29, 0.717) is 19.0 Å². The number of rotatable bonds is 7. The molecule has 0 aliphatic rings. The fraction of sp³-hybridized carbons (Fsp3) is 0.400. The van der Waals surface area contributed by atoms with Crippen LogP contribution in [0.15, 0.2) is 33.3 Å². The highest BCUT2D eigenvalue weighted by Crippen LogP contribution is 2.25. The highest BCUT2D eigenvalue weighted by atomic mass is 79.9. The molecule has 0 aliphatic carbocycles. The molecule has 0 aliphatic heterocycles. The molecule has 0 bridgehead atoms. The zero-order chi connectivity index (χ0) is 15.2. The van der Waals surface area contributed by atoms with Gasteiger partial charge in [0.25, 0.3) is 0 Å². The molecule has 0 saturated heterocycles. The summed E-state index contributed by atoms with van der Waals surface area (Å²) in [7, 11) is 0. The van der Waals surface area contributed by atoms with Gasteiger partial charge in [-0.2, -0.15) is 0 Å². The lowest BCUT2D eigenvalue weighted by molar-refractivity contribution is 0.105. The largest absolute Gasteiger partial charge is 0.490 e. The van der Waals surface area contributed by atoms with Gasteiger partial charge in [0.2, 0.25) is 5.89 Å². The molecular weight excluding hydrogens is 336 g/mol. The number of nitrogens with zero attached hydrogens (tertiary/aromatic N) is 1. The Morgan fingerprint density at radius 3 is 2.90 bits per heavy atom. The number of aliphatic hydroxyl groups excluding tert-OH is 1. The van der Waals surface area contributed by atoms with Gasteiger partial charge in [0.15, 0.2) is 0 Å². The second-order valence-corrected chi connectivity index (χ2v) is 5.75. The van der Waals surface area contributed by atoms with E-state index >= 15 is 0 Å². The van der Waals surface area contributed by atoms with Crippen LogP contribution >= 0.6 is 15.9 Å². The number of nitrogens with one attached hydrogen (secondary N) is 1. The lowest BCUT2D eigenvalue weighted by Crippen LogP contribution is -2.31. The van der Waals surface area contributed by atoms with Gasteiger partial charge in [-0.15, -0.1) is 0 Å². The quantitative estimate of drug-likeness (QED) is 0.799. The number of halogens is 1. The molecule has 1 aromatic carbocycles. The summed E-state index contributed by atoms with van der Waals surface area (Å²) in [4.78, 5) is 4.08. The normalized spacial score (nSPS) is 12.4. The molecule has 6 heteroatoms. The average Bonchev–Trinajstić information content (AvgIpc) is 2.83. The Hall–Kier alpha value is -1.37. The first-order chi connectivity index (χ1) is 10.0. The van der Waals surface area contributed by atoms with Crippen LogP contribution < -0.4 is 10.1 Å². The van der Waals surface area contributed by atoms with Crippen molar-refractivity contribution >= 4 is 15.9 Å². The zero-order valence-electron chi connectivity index (χ0n) is 12.1. The molecule has 0 saturated carbocycles. The summed E-state index contributed by atoms with van der Waals surface area (Å²) in [6.45, 7) is 4.97. The number of aryl methyl sites for hydroxylation is 2. The molecular formula is C15H19BrN2O3. The molecule has 0 spiro atoms. The van der Waals surface area contributed by atoms with Gasteiger partial charge in [0.1, 0.15) is 24.2 Å². The lowest BCUT2D eigenvalue weighted by atomic mass is 10.2. The molecule has 1 atom stereocenters. The van der Waals surface area contributed by atoms with E-state index in [2.05, 4.69) is 26.2 Å². The topological polar surface area (TPSA) is 67.5 Å². The molecule has 0 fully saturated rings. The number of hydrogen-bond donors (Lipinski definition) is 2. The third kappa shape index (κ3) is 5.15. The smallest absolute Gasteiger partial charge is 0.208 e. The van der Waals surface area contributed by atoms with Crippen molar-refractivity contribution in [1.29, 1.82) is 0 Å². The number of aromatic nitrogens is 1. The molecule has 1 unspecified atom stereocenters. The first-order valence-corrected chi connectivity index (χ1v) is 7.53. The van der Waals surface area contributed by atoms with E-state index in [1.54, 1.807) is 6.20 Å². The maximum absolute atomic E-state index is 9.89. The number of benzene rings is 1. The van der Waals surface area contributed by atoms with Crippen molar-refractivity contribution < 1.29 is 14.3 Å². The Morgan fingerprint density at radius 2 is 2.24 bits per heavy atom. The van der Waals surface area contributed by atoms with Gasteiger partial charge >= 0.3 is 0 Å². The molecule has 0 amide bonds. The van der Waals surface area contributed by atoms with E-state index in [1.165, 1.54) is 0 Å². The standard InChI is InChI=1S/C15H19BrN2O3/c1-10-3-4-14(13(16)5-10)20-9-12(19)7-17-8-15-18-6-11(2)21-15/h3-6,12,17,19H,7-9H2,1-2H3. The van der Waals surface area contributed by atoms with E-state index < -0.39 is 6.10 Å². The fourth-order valence-electron chi connectivity index (χ4n) is 1.80. The van der Waals surface area contributed by atoms with Crippen molar-refractivity contribution in [1.82, 2.24) is 10.3 Å². The average molecular weight is 355 g/mol. The Labute approximate surface area is 132 Å². The summed E-state index contributed by atoms with van der Waals surface area (Å²) in [6.07, 6.45) is 1.07. The van der Waals surface area contributed by atoms with Gasteiger partial charge in [-0.25, -0.2) is 4.98 Å². The number of hydrogen-bond acceptors (Lipinski definition) is 5. The maximum Gasteiger partial charge on any atom is 0.208 e. The Balaban J connectivity index is 1.70. The second kappa shape index (κ2) is 7.59. The summed E-state index contributed by atoms with van der Waals surface area (Å²) in [6, 6.07) is 5.83. The van der Waals surface area contributed by atoms with Gasteiger partial charge < -0.3 is 19.6 Å². The summed E-state index contributed by atoms with van der Waals surface area (Å²) in [5.74, 6) is 2.12. The minimum absolute atomic E-state index is 0.222. The van der Waals surface area contributed by atoms with Crippen molar-refractivity contribution in [3.8, 4) is 5.75 Å². The number of oxazole rings is 1. The molecule has 2 N–H and O–H groups in total. The third-order valence-corrected chi connectivity index (χ3v) is 3.46. The number of ether oxygens (including phenoxy) is 1. The summed E-state index contributed by atoms with van der Waals surface area (Å²) in [5, 5.41) is 13.0. The van der Waals surface area contributed by atoms with Crippen LogP contribution in [0.3, 0.4) is 0 Å². The van der Waals surface area contributed by atoms with Crippen LogP contribution in [-0.4, -0.2) is 29.3 Å². The van der Waals surface area contributed by atoms with E-state index in [4.69, 9.17) is 9.15 Å². The molecule has 1 aromatic heterocycles. The van der Waals surface area contributed by atoms with Gasteiger partial charge in [0.05, 0.1) is 17.2 Å². The summed E-state index contributed by atoms with van der Waals surface area (Å²) in [5.41, 5.74) is 1.15. The van der Waals surface area contributed by atoms with Crippen LogP contribution in [0.4, 0.5) is 0 Å².